The SMILES string of the molecule is CC(=O)NCCCCCCNC(N)=O. The van der Waals surface area contributed by atoms with Gasteiger partial charge in [0.2, 0.25) is 5.91 Å². The third-order valence-corrected chi connectivity index (χ3v) is 1.78. The van der Waals surface area contributed by atoms with Gasteiger partial charge in [0.1, 0.15) is 0 Å². The van der Waals surface area contributed by atoms with Gasteiger partial charge in [-0.2, -0.15) is 0 Å². The number of urea groups is 1. The molecule has 0 radical (unpaired) electrons. The van der Waals surface area contributed by atoms with Gasteiger partial charge in [0.05, 0.1) is 0 Å². The van der Waals surface area contributed by atoms with Crippen LogP contribution >= 0.6 is 0 Å². The molecule has 0 aliphatic carbocycles. The van der Waals surface area contributed by atoms with Crippen molar-refractivity contribution >= 4 is 11.9 Å². The quantitative estimate of drug-likeness (QED) is 0.519. The van der Waals surface area contributed by atoms with E-state index in [2.05, 4.69) is 10.6 Å². The van der Waals surface area contributed by atoms with E-state index in [4.69, 9.17) is 5.73 Å². The summed E-state index contributed by atoms with van der Waals surface area (Å²) in [4.78, 5) is 20.8. The monoisotopic (exact) mass is 201 g/mol. The van der Waals surface area contributed by atoms with Gasteiger partial charge < -0.3 is 16.4 Å². The highest BCUT2D eigenvalue weighted by Crippen LogP contribution is 1.97. The Hall–Kier alpha value is -1.26. The molecule has 0 aromatic carbocycles. The molecule has 0 aromatic heterocycles. The first-order valence-corrected chi connectivity index (χ1v) is 4.90. The lowest BCUT2D eigenvalue weighted by Crippen LogP contribution is -2.30. The maximum Gasteiger partial charge on any atom is 0.312 e. The maximum atomic E-state index is 10.5. The highest BCUT2D eigenvalue weighted by Gasteiger charge is 1.93. The molecule has 0 spiro atoms. The molecule has 3 amide bonds. The van der Waals surface area contributed by atoms with Gasteiger partial charge in [0.15, 0.2) is 0 Å². The van der Waals surface area contributed by atoms with E-state index in [9.17, 15) is 9.59 Å². The van der Waals surface area contributed by atoms with Crippen LogP contribution < -0.4 is 16.4 Å². The van der Waals surface area contributed by atoms with Crippen molar-refractivity contribution in [1.29, 1.82) is 0 Å². The summed E-state index contributed by atoms with van der Waals surface area (Å²) in [6.07, 6.45) is 4.01. The molecule has 0 bridgehead atoms. The number of rotatable bonds is 7. The first-order chi connectivity index (χ1) is 6.63. The fourth-order valence-electron chi connectivity index (χ4n) is 1.08. The molecule has 0 saturated carbocycles. The summed E-state index contributed by atoms with van der Waals surface area (Å²) in [6, 6.07) is -0.469. The fourth-order valence-corrected chi connectivity index (χ4v) is 1.08. The van der Waals surface area contributed by atoms with Gasteiger partial charge in [0, 0.05) is 20.0 Å². The van der Waals surface area contributed by atoms with Crippen molar-refractivity contribution in [3.63, 3.8) is 0 Å². The number of carbonyl (C=O) groups excluding carboxylic acids is 2. The first-order valence-electron chi connectivity index (χ1n) is 4.90. The molecule has 0 fully saturated rings. The van der Waals surface area contributed by atoms with E-state index < -0.39 is 6.03 Å². The van der Waals surface area contributed by atoms with Crippen molar-refractivity contribution in [2.45, 2.75) is 32.6 Å². The zero-order valence-corrected chi connectivity index (χ0v) is 8.64. The molecule has 0 atom stereocenters. The minimum absolute atomic E-state index is 0.0143. The van der Waals surface area contributed by atoms with E-state index >= 15 is 0 Å². The molecular formula is C9H19N3O2. The molecular weight excluding hydrogens is 182 g/mol. The van der Waals surface area contributed by atoms with Crippen LogP contribution in [0.2, 0.25) is 0 Å². The van der Waals surface area contributed by atoms with Crippen molar-refractivity contribution in [2.75, 3.05) is 13.1 Å². The number of carbonyl (C=O) groups is 2. The number of nitrogens with two attached hydrogens (primary N) is 1. The minimum atomic E-state index is -0.469. The molecule has 0 heterocycles. The summed E-state index contributed by atoms with van der Waals surface area (Å²) in [5, 5.41) is 5.25. The summed E-state index contributed by atoms with van der Waals surface area (Å²) in [5.41, 5.74) is 4.89. The topological polar surface area (TPSA) is 84.2 Å². The molecule has 0 unspecified atom stereocenters. The zero-order chi connectivity index (χ0) is 10.8. The van der Waals surface area contributed by atoms with E-state index in [1.54, 1.807) is 0 Å². The Labute approximate surface area is 84.4 Å². The zero-order valence-electron chi connectivity index (χ0n) is 8.64. The lowest BCUT2D eigenvalue weighted by molar-refractivity contribution is -0.118. The summed E-state index contributed by atoms with van der Waals surface area (Å²) in [7, 11) is 0. The van der Waals surface area contributed by atoms with Gasteiger partial charge in [-0.25, -0.2) is 4.79 Å². The molecule has 4 N–H and O–H groups in total. The molecule has 5 heteroatoms. The Morgan fingerprint density at radius 3 is 1.93 bits per heavy atom. The van der Waals surface area contributed by atoms with Crippen LogP contribution in [0.15, 0.2) is 0 Å². The van der Waals surface area contributed by atoms with Crippen molar-refractivity contribution < 1.29 is 9.59 Å². The van der Waals surface area contributed by atoms with Crippen LogP contribution in [0.25, 0.3) is 0 Å². The van der Waals surface area contributed by atoms with Crippen LogP contribution in [0.1, 0.15) is 32.6 Å². The van der Waals surface area contributed by atoms with Crippen LogP contribution in [-0.2, 0) is 4.79 Å². The number of amides is 3. The minimum Gasteiger partial charge on any atom is -0.356 e. The third-order valence-electron chi connectivity index (χ3n) is 1.78. The smallest absolute Gasteiger partial charge is 0.312 e. The van der Waals surface area contributed by atoms with Crippen molar-refractivity contribution in [2.24, 2.45) is 5.73 Å². The van der Waals surface area contributed by atoms with Crippen molar-refractivity contribution in [3.05, 3.63) is 0 Å². The molecule has 0 aromatic rings. The normalized spacial score (nSPS) is 9.50. The van der Waals surface area contributed by atoms with Crippen molar-refractivity contribution in [3.8, 4) is 0 Å². The third kappa shape index (κ3) is 10.7. The molecule has 0 rings (SSSR count). The first kappa shape index (κ1) is 12.7. The van der Waals surface area contributed by atoms with Gasteiger partial charge in [-0.05, 0) is 12.8 Å². The van der Waals surface area contributed by atoms with Gasteiger partial charge in [-0.15, -0.1) is 0 Å². The summed E-state index contributed by atoms with van der Waals surface area (Å²) >= 11 is 0. The predicted octanol–water partition coefficient (Wildman–Crippen LogP) is 0.351. The fraction of sp³-hybridized carbons (Fsp3) is 0.778. The van der Waals surface area contributed by atoms with Crippen molar-refractivity contribution in [1.82, 2.24) is 10.6 Å². The van der Waals surface area contributed by atoms with Crippen LogP contribution in [0.3, 0.4) is 0 Å². The van der Waals surface area contributed by atoms with Gasteiger partial charge in [-0.3, -0.25) is 4.79 Å². The molecule has 0 saturated heterocycles. The highest BCUT2D eigenvalue weighted by atomic mass is 16.2. The summed E-state index contributed by atoms with van der Waals surface area (Å²) in [6.45, 7) is 2.88. The van der Waals surface area contributed by atoms with Crippen LogP contribution in [0, 0.1) is 0 Å². The van der Waals surface area contributed by atoms with E-state index in [1.165, 1.54) is 6.92 Å². The lowest BCUT2D eigenvalue weighted by atomic mass is 10.2. The number of nitrogens with one attached hydrogen (secondary N) is 2. The van der Waals surface area contributed by atoms with Gasteiger partial charge in [0.25, 0.3) is 0 Å². The maximum absolute atomic E-state index is 10.5. The van der Waals surface area contributed by atoms with Gasteiger partial charge in [-0.1, -0.05) is 12.8 Å². The standard InChI is InChI=1S/C9H19N3O2/c1-8(13)11-6-4-2-3-5-7-12-9(10)14/h2-7H2,1H3,(H,11,13)(H3,10,12,14). The summed E-state index contributed by atoms with van der Waals surface area (Å²) in [5.74, 6) is 0.0143. The predicted molar refractivity (Wildman–Crippen MR) is 54.7 cm³/mol. The number of unbranched alkanes of at least 4 members (excludes halogenated alkanes) is 3. The number of hydrogen-bond donors (Lipinski definition) is 3. The molecule has 0 aliphatic rings. The Bertz CT molecular complexity index is 163. The number of hydrogen-bond acceptors (Lipinski definition) is 2. The Morgan fingerprint density at radius 1 is 1.00 bits per heavy atom. The lowest BCUT2D eigenvalue weighted by Gasteiger charge is -2.02. The molecule has 82 valence electrons. The Balaban J connectivity index is 2.99. The van der Waals surface area contributed by atoms with E-state index in [1.807, 2.05) is 0 Å². The average Bonchev–Trinajstić information content (AvgIpc) is 2.08. The largest absolute Gasteiger partial charge is 0.356 e. The van der Waals surface area contributed by atoms with Gasteiger partial charge >= 0.3 is 6.03 Å². The Kier molecular flexibility index (Phi) is 7.59. The Morgan fingerprint density at radius 2 is 1.50 bits per heavy atom. The van der Waals surface area contributed by atoms with E-state index in [-0.39, 0.29) is 5.91 Å². The second kappa shape index (κ2) is 8.34. The number of primary amides is 1. The molecule has 14 heavy (non-hydrogen) atoms. The van der Waals surface area contributed by atoms with Crippen LogP contribution in [0.5, 0.6) is 0 Å². The van der Waals surface area contributed by atoms with E-state index in [0.717, 1.165) is 32.2 Å². The van der Waals surface area contributed by atoms with Crippen LogP contribution in [-0.4, -0.2) is 25.0 Å². The molecule has 5 nitrogen and oxygen atoms in total. The average molecular weight is 201 g/mol. The highest BCUT2D eigenvalue weighted by molar-refractivity contribution is 5.72. The second-order valence-electron chi connectivity index (χ2n) is 3.19. The summed E-state index contributed by atoms with van der Waals surface area (Å²) < 4.78 is 0. The van der Waals surface area contributed by atoms with Crippen LogP contribution in [0.4, 0.5) is 4.79 Å². The second-order valence-corrected chi connectivity index (χ2v) is 3.19. The van der Waals surface area contributed by atoms with E-state index in [0.29, 0.717) is 6.54 Å². The molecule has 0 aliphatic heterocycles.